The quantitative estimate of drug-likeness (QED) is 0.239. The third-order valence-corrected chi connectivity index (χ3v) is 14.5. The first-order valence-electron chi connectivity index (χ1n) is 19.0. The van der Waals surface area contributed by atoms with Gasteiger partial charge in [-0.2, -0.15) is 0 Å². The number of hydrogen-bond donors (Lipinski definition) is 3. The first-order chi connectivity index (χ1) is 24.9. The molecule has 280 valence electrons. The van der Waals surface area contributed by atoms with Crippen molar-refractivity contribution in [2.75, 3.05) is 39.7 Å². The second-order valence-electron chi connectivity index (χ2n) is 16.5. The van der Waals surface area contributed by atoms with Crippen LogP contribution in [-0.4, -0.2) is 108 Å². The van der Waals surface area contributed by atoms with Gasteiger partial charge in [-0.05, 0) is 74.1 Å². The number of para-hydroxylation sites is 1. The Hall–Kier alpha value is -3.19. The van der Waals surface area contributed by atoms with Crippen molar-refractivity contribution in [1.82, 2.24) is 9.88 Å². The normalized spacial score (nSPS) is 41.4. The minimum absolute atomic E-state index is 0.0733. The van der Waals surface area contributed by atoms with Crippen LogP contribution in [0.5, 0.6) is 0 Å². The molecule has 1 aromatic carbocycles. The Labute approximate surface area is 306 Å². The molecule has 6 aliphatic rings. The Bertz CT molecular complexity index is 1770. The van der Waals surface area contributed by atoms with Crippen LogP contribution >= 0.6 is 0 Å². The number of rotatable bonds is 10. The van der Waals surface area contributed by atoms with Crippen LogP contribution < -0.4 is 5.32 Å². The summed E-state index contributed by atoms with van der Waals surface area (Å²) in [6.07, 6.45) is 6.53. The number of aliphatic hydroxyl groups is 2. The molecule has 52 heavy (non-hydrogen) atoms. The third-order valence-electron chi connectivity index (χ3n) is 14.5. The number of fused-ring (bicyclic) bond motifs is 2. The fourth-order valence-corrected chi connectivity index (χ4v) is 12.7. The average Bonchev–Trinajstić information content (AvgIpc) is 3.57. The first-order valence-corrected chi connectivity index (χ1v) is 19.0. The van der Waals surface area contributed by atoms with E-state index in [0.29, 0.717) is 62.5 Å². The molecule has 3 N–H and O–H groups in total. The van der Waals surface area contributed by atoms with Gasteiger partial charge in [0.25, 0.3) is 0 Å². The van der Waals surface area contributed by atoms with E-state index in [2.05, 4.69) is 36.0 Å². The Morgan fingerprint density at radius 3 is 2.58 bits per heavy atom. The zero-order chi connectivity index (χ0) is 36.8. The number of methoxy groups -OCH3 is 3. The number of hydrogen-bond acceptors (Lipinski definition) is 10. The molecular weight excluding hydrogens is 662 g/mol. The van der Waals surface area contributed by atoms with Crippen molar-refractivity contribution < 1.29 is 38.7 Å². The maximum atomic E-state index is 14.5. The van der Waals surface area contributed by atoms with Crippen molar-refractivity contribution in [3.63, 3.8) is 0 Å². The molecule has 11 heteroatoms. The van der Waals surface area contributed by atoms with Gasteiger partial charge < -0.3 is 34.5 Å². The van der Waals surface area contributed by atoms with E-state index < -0.39 is 34.3 Å². The van der Waals surface area contributed by atoms with Crippen LogP contribution in [0.3, 0.4) is 0 Å². The number of ether oxygens (including phenoxy) is 4. The van der Waals surface area contributed by atoms with Crippen LogP contribution in [0, 0.1) is 29.1 Å². The van der Waals surface area contributed by atoms with Gasteiger partial charge in [0, 0.05) is 81.7 Å². The lowest BCUT2D eigenvalue weighted by molar-refractivity contribution is -0.337. The molecule has 1 aliphatic heterocycles. The summed E-state index contributed by atoms with van der Waals surface area (Å²) in [6, 6.07) is 10.8. The molecule has 5 saturated carbocycles. The zero-order valence-electron chi connectivity index (χ0n) is 31.1. The van der Waals surface area contributed by atoms with Gasteiger partial charge in [-0.15, -0.1) is 0 Å². The average molecular weight is 716 g/mol. The second-order valence-corrected chi connectivity index (χ2v) is 16.5. The number of likely N-dealkylation sites (N-methyl/N-ethyl adjacent to an activating group) is 1. The van der Waals surface area contributed by atoms with Crippen molar-refractivity contribution in [1.29, 1.82) is 0 Å². The van der Waals surface area contributed by atoms with Crippen LogP contribution in [-0.2, 0) is 23.7 Å². The van der Waals surface area contributed by atoms with Crippen LogP contribution in [0.15, 0.2) is 48.7 Å². The van der Waals surface area contributed by atoms with Gasteiger partial charge in [0.15, 0.2) is 0 Å². The smallest absolute Gasteiger partial charge is 0.340 e. The minimum atomic E-state index is -1.51. The molecule has 12 atom stereocenters. The predicted octanol–water partition coefficient (Wildman–Crippen LogP) is 4.43. The maximum Gasteiger partial charge on any atom is 0.340 e. The van der Waals surface area contributed by atoms with Gasteiger partial charge >= 0.3 is 5.97 Å². The minimum Gasteiger partial charge on any atom is -0.454 e. The highest BCUT2D eigenvalue weighted by Gasteiger charge is 2.89. The van der Waals surface area contributed by atoms with E-state index in [-0.39, 0.29) is 53.4 Å². The van der Waals surface area contributed by atoms with Gasteiger partial charge in [0.1, 0.15) is 16.8 Å². The fourth-order valence-electron chi connectivity index (χ4n) is 12.7. The van der Waals surface area contributed by atoms with E-state index in [1.165, 1.54) is 6.08 Å². The van der Waals surface area contributed by atoms with Gasteiger partial charge in [0.05, 0.1) is 35.3 Å². The monoisotopic (exact) mass is 715 g/mol. The lowest BCUT2D eigenvalue weighted by Gasteiger charge is -2.70. The second kappa shape index (κ2) is 12.7. The third kappa shape index (κ3) is 4.68. The highest BCUT2D eigenvalue weighted by molar-refractivity contribution is 6.06. The number of likely N-dealkylation sites (tertiary alicyclic amines) is 1. The molecule has 6 fully saturated rings. The lowest BCUT2D eigenvalue weighted by atomic mass is 9.44. The molecular formula is C41H53N3O8. The molecule has 2 unspecified atom stereocenters. The van der Waals surface area contributed by atoms with E-state index in [9.17, 15) is 19.8 Å². The van der Waals surface area contributed by atoms with Gasteiger partial charge in [-0.3, -0.25) is 14.7 Å². The Kier molecular flexibility index (Phi) is 8.75. The van der Waals surface area contributed by atoms with Crippen molar-refractivity contribution >= 4 is 23.6 Å². The molecule has 1 saturated heterocycles. The molecule has 1 amide bonds. The number of esters is 1. The summed E-state index contributed by atoms with van der Waals surface area (Å²) in [4.78, 5) is 34.4. The topological polar surface area (TPSA) is 140 Å². The summed E-state index contributed by atoms with van der Waals surface area (Å²) >= 11 is 0. The Balaban J connectivity index is 1.13. The number of anilines is 1. The number of aromatic nitrogens is 1. The summed E-state index contributed by atoms with van der Waals surface area (Å²) < 4.78 is 25.3. The van der Waals surface area contributed by atoms with Crippen molar-refractivity contribution in [3.05, 3.63) is 65.5 Å². The van der Waals surface area contributed by atoms with Crippen LogP contribution in [0.25, 0.3) is 6.08 Å². The predicted molar refractivity (Wildman–Crippen MR) is 193 cm³/mol. The number of nitrogens with one attached hydrogen (secondary N) is 1. The van der Waals surface area contributed by atoms with Gasteiger partial charge in [-0.25, -0.2) is 4.79 Å². The highest BCUT2D eigenvalue weighted by Crippen LogP contribution is 2.79. The Morgan fingerprint density at radius 1 is 1.08 bits per heavy atom. The number of piperidine rings is 1. The van der Waals surface area contributed by atoms with E-state index in [1.54, 1.807) is 57.9 Å². The van der Waals surface area contributed by atoms with Crippen LogP contribution in [0.4, 0.5) is 5.69 Å². The zero-order valence-corrected chi connectivity index (χ0v) is 31.1. The summed E-state index contributed by atoms with van der Waals surface area (Å²) in [6.45, 7) is 7.53. The molecule has 5 aliphatic carbocycles. The van der Waals surface area contributed by atoms with E-state index in [0.717, 1.165) is 5.56 Å². The van der Waals surface area contributed by atoms with Crippen molar-refractivity contribution in [3.8, 4) is 0 Å². The van der Waals surface area contributed by atoms with Gasteiger partial charge in [0.2, 0.25) is 5.91 Å². The van der Waals surface area contributed by atoms with E-state index in [1.807, 2.05) is 12.1 Å². The highest BCUT2D eigenvalue weighted by atomic mass is 16.6. The maximum absolute atomic E-state index is 14.5. The number of benzene rings is 1. The van der Waals surface area contributed by atoms with E-state index in [4.69, 9.17) is 18.9 Å². The van der Waals surface area contributed by atoms with Crippen LogP contribution in [0.2, 0.25) is 0 Å². The molecule has 7 bridgehead atoms. The van der Waals surface area contributed by atoms with Gasteiger partial charge in [-0.1, -0.05) is 32.9 Å². The van der Waals surface area contributed by atoms with Crippen molar-refractivity contribution in [2.45, 2.75) is 100.0 Å². The number of carbonyl (C=O) groups is 2. The summed E-state index contributed by atoms with van der Waals surface area (Å²) in [5, 5.41) is 28.9. The number of nitrogens with zero attached hydrogens (tertiary/aromatic N) is 2. The molecule has 1 aromatic heterocycles. The molecule has 8 rings (SSSR count). The largest absolute Gasteiger partial charge is 0.454 e. The first kappa shape index (κ1) is 35.8. The molecule has 0 radical (unpaired) electrons. The van der Waals surface area contributed by atoms with E-state index >= 15 is 0 Å². The SMILES string of the molecule is CCN1C[C@]2(OC(=O)c3ccccc3NC(=O)/C=C/c3cc(C(C)C)ccn3)CC[C@H](OC)[C@]34C1[C@@H](C[C@H]23)[C@@]1(O)C[C@H](OC)[C@H]2C[C@@H]4C1(O)[C@H]2OC. The molecule has 11 nitrogen and oxygen atoms in total. The fraction of sp³-hybridized carbons (Fsp3) is 0.634. The standard InChI is InChI=1S/C41H53N3O8/c1-7-44-22-38(52-37(46)26-10-8-9-11-29(26)43-34(45)13-12-25-18-24(23(2)3)15-17-42-25)16-14-33(50-5)40-31(38)20-28(35(40)44)39(47)21-30(49-4)27-19-32(40)41(39,48)36(27)51-6/h8-13,15,17-18,23,27-28,30-33,35-36,47-48H,7,14,16,19-22H2,1-6H3,(H,43,45)/b13-12+/t27-,28-,30+,31-,32+,33+,35?,36+,38-,39+,40+,41?/m1/s1. The van der Waals surface area contributed by atoms with Crippen LogP contribution in [0.1, 0.15) is 80.4 Å². The number of amides is 1. The summed E-state index contributed by atoms with van der Waals surface area (Å²) in [7, 11) is 5.06. The summed E-state index contributed by atoms with van der Waals surface area (Å²) in [5.74, 6) is -1.49. The number of pyridine rings is 1. The molecule has 2 heterocycles. The van der Waals surface area contributed by atoms with Crippen molar-refractivity contribution in [2.24, 2.45) is 29.1 Å². The molecule has 1 spiro atoms. The number of carbonyl (C=O) groups excluding carboxylic acids is 2. The Morgan fingerprint density at radius 2 is 1.87 bits per heavy atom. The molecule has 2 aromatic rings. The lowest BCUT2D eigenvalue weighted by Crippen LogP contribution is -2.83. The summed E-state index contributed by atoms with van der Waals surface area (Å²) in [5.41, 5.74) is -2.03.